The molecule has 0 saturated carbocycles. The second-order valence-electron chi connectivity index (χ2n) is 5.46. The Morgan fingerprint density at radius 3 is 2.64 bits per heavy atom. The zero-order valence-corrected chi connectivity index (χ0v) is 12.7. The van der Waals surface area contributed by atoms with Gasteiger partial charge in [-0.25, -0.2) is 4.98 Å². The summed E-state index contributed by atoms with van der Waals surface area (Å²) in [5.41, 5.74) is -0.0423. The molecule has 1 atom stereocenters. The van der Waals surface area contributed by atoms with Crippen LogP contribution >= 0.6 is 0 Å². The molecule has 8 nitrogen and oxygen atoms in total. The Hall–Kier alpha value is -2.22. The molecule has 1 aliphatic heterocycles. The molecule has 0 aliphatic carbocycles. The van der Waals surface area contributed by atoms with E-state index >= 15 is 0 Å². The Kier molecular flexibility index (Phi) is 4.92. The molecule has 2 heterocycles. The standard InChI is InChI=1S/C14H20N4O4/c1-9-15-6-11(14(22)16-9)5-13(21)18-4-3-17(10(2)19)7-12(20)8-18/h6,12,20H,3-5,7-8H2,1-2H3,(H,15,16,22). The number of hydrogen-bond acceptors (Lipinski definition) is 5. The van der Waals surface area contributed by atoms with Crippen LogP contribution in [0.5, 0.6) is 0 Å². The van der Waals surface area contributed by atoms with Crippen molar-refractivity contribution in [3.8, 4) is 0 Å². The summed E-state index contributed by atoms with van der Waals surface area (Å²) in [7, 11) is 0. The average molecular weight is 308 g/mol. The minimum absolute atomic E-state index is 0.0740. The highest BCUT2D eigenvalue weighted by molar-refractivity contribution is 5.79. The van der Waals surface area contributed by atoms with Gasteiger partial charge in [0, 0.05) is 44.9 Å². The highest BCUT2D eigenvalue weighted by Crippen LogP contribution is 2.06. The predicted molar refractivity (Wildman–Crippen MR) is 78.1 cm³/mol. The van der Waals surface area contributed by atoms with Gasteiger partial charge in [0.2, 0.25) is 11.8 Å². The van der Waals surface area contributed by atoms with Gasteiger partial charge in [-0.05, 0) is 6.92 Å². The molecule has 0 aromatic carbocycles. The van der Waals surface area contributed by atoms with E-state index in [-0.39, 0.29) is 42.4 Å². The number of aromatic amines is 1. The molecular weight excluding hydrogens is 288 g/mol. The van der Waals surface area contributed by atoms with Crippen LogP contribution in [-0.2, 0) is 16.0 Å². The molecule has 0 bridgehead atoms. The fourth-order valence-corrected chi connectivity index (χ4v) is 2.41. The van der Waals surface area contributed by atoms with Crippen molar-refractivity contribution in [3.63, 3.8) is 0 Å². The molecule has 1 unspecified atom stereocenters. The van der Waals surface area contributed by atoms with Gasteiger partial charge in [0.15, 0.2) is 0 Å². The minimum Gasteiger partial charge on any atom is -0.389 e. The normalized spacial score (nSPS) is 19.0. The predicted octanol–water partition coefficient (Wildman–Crippen LogP) is -1.33. The molecule has 8 heteroatoms. The van der Waals surface area contributed by atoms with Crippen LogP contribution in [0.4, 0.5) is 0 Å². The van der Waals surface area contributed by atoms with Crippen molar-refractivity contribution in [2.45, 2.75) is 26.4 Å². The van der Waals surface area contributed by atoms with E-state index < -0.39 is 6.10 Å². The summed E-state index contributed by atoms with van der Waals surface area (Å²) >= 11 is 0. The van der Waals surface area contributed by atoms with Crippen LogP contribution in [0.3, 0.4) is 0 Å². The van der Waals surface area contributed by atoms with E-state index in [2.05, 4.69) is 9.97 Å². The first-order chi connectivity index (χ1) is 10.4. The van der Waals surface area contributed by atoms with Gasteiger partial charge in [0.25, 0.3) is 5.56 Å². The maximum Gasteiger partial charge on any atom is 0.254 e. The maximum atomic E-state index is 12.3. The van der Waals surface area contributed by atoms with E-state index in [1.807, 2.05) is 0 Å². The first-order valence-corrected chi connectivity index (χ1v) is 7.13. The van der Waals surface area contributed by atoms with Gasteiger partial charge in [-0.15, -0.1) is 0 Å². The molecule has 2 rings (SSSR count). The van der Waals surface area contributed by atoms with Gasteiger partial charge in [-0.2, -0.15) is 0 Å². The fourth-order valence-electron chi connectivity index (χ4n) is 2.41. The van der Waals surface area contributed by atoms with Gasteiger partial charge in [-0.3, -0.25) is 14.4 Å². The summed E-state index contributed by atoms with van der Waals surface area (Å²) in [4.78, 5) is 45.0. The lowest BCUT2D eigenvalue weighted by Gasteiger charge is -2.21. The van der Waals surface area contributed by atoms with Crippen LogP contribution in [0.15, 0.2) is 11.0 Å². The quantitative estimate of drug-likeness (QED) is 0.704. The van der Waals surface area contributed by atoms with Crippen LogP contribution in [0, 0.1) is 6.92 Å². The SMILES string of the molecule is CC(=O)N1CCN(C(=O)Cc2cnc(C)[nH]c2=O)CC(O)C1. The van der Waals surface area contributed by atoms with Crippen molar-refractivity contribution in [2.75, 3.05) is 26.2 Å². The highest BCUT2D eigenvalue weighted by Gasteiger charge is 2.25. The minimum atomic E-state index is -0.787. The summed E-state index contributed by atoms with van der Waals surface area (Å²) in [6.45, 7) is 4.18. The Labute approximate surface area is 127 Å². The van der Waals surface area contributed by atoms with E-state index in [1.165, 1.54) is 22.9 Å². The number of aromatic nitrogens is 2. The van der Waals surface area contributed by atoms with Crippen molar-refractivity contribution in [1.82, 2.24) is 19.8 Å². The van der Waals surface area contributed by atoms with Crippen molar-refractivity contribution < 1.29 is 14.7 Å². The number of aliphatic hydroxyl groups excluding tert-OH is 1. The maximum absolute atomic E-state index is 12.3. The largest absolute Gasteiger partial charge is 0.389 e. The van der Waals surface area contributed by atoms with Crippen LogP contribution in [-0.4, -0.2) is 69.0 Å². The fraction of sp³-hybridized carbons (Fsp3) is 0.571. The number of nitrogens with one attached hydrogen (secondary N) is 1. The summed E-state index contributed by atoms with van der Waals surface area (Å²) in [5.74, 6) is 0.0941. The third kappa shape index (κ3) is 3.91. The number of β-amino-alcohol motifs (C(OH)–C–C–N with tert-alkyl or cyclic N) is 1. The number of H-pyrrole nitrogens is 1. The Bertz CT molecular complexity index is 628. The van der Waals surface area contributed by atoms with E-state index in [0.29, 0.717) is 18.9 Å². The van der Waals surface area contributed by atoms with Crippen LogP contribution in [0.1, 0.15) is 18.3 Å². The molecule has 2 amide bonds. The number of aryl methyl sites for hydroxylation is 1. The van der Waals surface area contributed by atoms with Gasteiger partial charge in [0.05, 0.1) is 12.5 Å². The van der Waals surface area contributed by atoms with E-state index in [9.17, 15) is 19.5 Å². The number of hydrogen-bond donors (Lipinski definition) is 2. The first-order valence-electron chi connectivity index (χ1n) is 7.13. The molecule has 120 valence electrons. The molecule has 1 fully saturated rings. The summed E-state index contributed by atoms with van der Waals surface area (Å²) < 4.78 is 0. The Balaban J connectivity index is 2.06. The Morgan fingerprint density at radius 2 is 2.00 bits per heavy atom. The number of amides is 2. The van der Waals surface area contributed by atoms with E-state index in [1.54, 1.807) is 6.92 Å². The van der Waals surface area contributed by atoms with Crippen molar-refractivity contribution in [2.24, 2.45) is 0 Å². The topological polar surface area (TPSA) is 107 Å². The smallest absolute Gasteiger partial charge is 0.254 e. The van der Waals surface area contributed by atoms with Gasteiger partial charge < -0.3 is 19.9 Å². The van der Waals surface area contributed by atoms with E-state index in [4.69, 9.17) is 0 Å². The third-order valence-electron chi connectivity index (χ3n) is 3.64. The number of carbonyl (C=O) groups excluding carboxylic acids is 2. The van der Waals surface area contributed by atoms with Gasteiger partial charge in [0.1, 0.15) is 5.82 Å². The number of carbonyl (C=O) groups is 2. The molecule has 2 N–H and O–H groups in total. The van der Waals surface area contributed by atoms with Crippen molar-refractivity contribution >= 4 is 11.8 Å². The lowest BCUT2D eigenvalue weighted by atomic mass is 10.2. The third-order valence-corrected chi connectivity index (χ3v) is 3.64. The van der Waals surface area contributed by atoms with E-state index in [0.717, 1.165) is 0 Å². The van der Waals surface area contributed by atoms with Gasteiger partial charge in [-0.1, -0.05) is 0 Å². The molecule has 1 aliphatic rings. The lowest BCUT2D eigenvalue weighted by molar-refractivity contribution is -0.132. The van der Waals surface area contributed by atoms with Crippen LogP contribution in [0.25, 0.3) is 0 Å². The first kappa shape index (κ1) is 16.2. The molecule has 1 aromatic heterocycles. The van der Waals surface area contributed by atoms with Crippen molar-refractivity contribution in [3.05, 3.63) is 27.9 Å². The van der Waals surface area contributed by atoms with Gasteiger partial charge >= 0.3 is 0 Å². The second kappa shape index (κ2) is 6.69. The molecular formula is C14H20N4O4. The second-order valence-corrected chi connectivity index (χ2v) is 5.46. The van der Waals surface area contributed by atoms with Crippen molar-refractivity contribution in [1.29, 1.82) is 0 Å². The summed E-state index contributed by atoms with van der Waals surface area (Å²) in [6, 6.07) is 0. The monoisotopic (exact) mass is 308 g/mol. The molecule has 22 heavy (non-hydrogen) atoms. The number of nitrogens with zero attached hydrogens (tertiary/aromatic N) is 3. The highest BCUT2D eigenvalue weighted by atomic mass is 16.3. The zero-order chi connectivity index (χ0) is 16.3. The van der Waals surface area contributed by atoms with Crippen LogP contribution in [0.2, 0.25) is 0 Å². The van der Waals surface area contributed by atoms with Crippen LogP contribution < -0.4 is 5.56 Å². The Morgan fingerprint density at radius 1 is 1.36 bits per heavy atom. The molecule has 1 saturated heterocycles. The number of aliphatic hydroxyl groups is 1. The summed E-state index contributed by atoms with van der Waals surface area (Å²) in [5, 5.41) is 9.92. The number of rotatable bonds is 2. The zero-order valence-electron chi connectivity index (χ0n) is 12.7. The molecule has 0 radical (unpaired) electrons. The average Bonchev–Trinajstić information content (AvgIpc) is 2.64. The summed E-state index contributed by atoms with van der Waals surface area (Å²) in [6.07, 6.45) is 0.530. The molecule has 1 aromatic rings. The lowest BCUT2D eigenvalue weighted by Crippen LogP contribution is -2.39. The molecule has 0 spiro atoms.